The summed E-state index contributed by atoms with van der Waals surface area (Å²) in [6.45, 7) is 3.64. The second-order valence-corrected chi connectivity index (χ2v) is 7.12. The fourth-order valence-electron chi connectivity index (χ4n) is 3.21. The molecule has 0 amide bonds. The average Bonchev–Trinajstić information content (AvgIpc) is 2.85. The monoisotopic (exact) mass is 434 g/mol. The van der Waals surface area contributed by atoms with E-state index in [1.165, 1.54) is 0 Å². The van der Waals surface area contributed by atoms with Crippen LogP contribution in [0.1, 0.15) is 11.4 Å². The lowest BCUT2D eigenvalue weighted by atomic mass is 10.3. The molecule has 1 aromatic carbocycles. The van der Waals surface area contributed by atoms with Crippen molar-refractivity contribution in [1.29, 1.82) is 0 Å². The highest BCUT2D eigenvalue weighted by molar-refractivity contribution is 5.43. The molecule has 0 saturated carbocycles. The Morgan fingerprint density at radius 3 is 2.75 bits per heavy atom. The fourth-order valence-corrected chi connectivity index (χ4v) is 3.21. The third-order valence-corrected chi connectivity index (χ3v) is 4.87. The van der Waals surface area contributed by atoms with Crippen molar-refractivity contribution >= 4 is 11.5 Å². The number of hydrogen-bond donors (Lipinski definition) is 0. The van der Waals surface area contributed by atoms with Crippen LogP contribution in [0.4, 0.5) is 11.5 Å². The Kier molecular flexibility index (Phi) is 7.54. The summed E-state index contributed by atoms with van der Waals surface area (Å²) in [6, 6.07) is 15.5. The molecule has 3 aromatic rings. The molecule has 0 bridgehead atoms. The van der Waals surface area contributed by atoms with Crippen LogP contribution in [0.5, 0.6) is 11.8 Å². The van der Waals surface area contributed by atoms with Crippen LogP contribution in [-0.4, -0.2) is 55.0 Å². The van der Waals surface area contributed by atoms with Crippen LogP contribution in [0.3, 0.4) is 0 Å². The first-order valence-electron chi connectivity index (χ1n) is 10.5. The number of methoxy groups -OCH3 is 1. The molecular formula is C23H26N6O3. The number of anilines is 1. The zero-order valence-electron chi connectivity index (χ0n) is 18.1. The van der Waals surface area contributed by atoms with Gasteiger partial charge in [0, 0.05) is 43.5 Å². The van der Waals surface area contributed by atoms with Gasteiger partial charge in [0.25, 0.3) is 0 Å². The number of rotatable bonds is 9. The molecule has 0 radical (unpaired) electrons. The van der Waals surface area contributed by atoms with Crippen LogP contribution in [0.15, 0.2) is 65.0 Å². The molecule has 0 N–H and O–H groups in total. The van der Waals surface area contributed by atoms with Crippen molar-refractivity contribution in [3.8, 4) is 11.8 Å². The van der Waals surface area contributed by atoms with Crippen molar-refractivity contribution in [3.05, 3.63) is 66.1 Å². The van der Waals surface area contributed by atoms with E-state index in [0.29, 0.717) is 38.8 Å². The maximum absolute atomic E-state index is 5.87. The van der Waals surface area contributed by atoms with Gasteiger partial charge in [-0.25, -0.2) is 0 Å². The zero-order chi connectivity index (χ0) is 22.0. The highest BCUT2D eigenvalue weighted by Gasteiger charge is 2.15. The largest absolute Gasteiger partial charge is 0.497 e. The lowest BCUT2D eigenvalue weighted by Gasteiger charge is -2.28. The first-order chi connectivity index (χ1) is 15.8. The SMILES string of the molecule is COc1cccc(N=NCc2cc(N3CCOCC3)nc(OCCc3ccccn3)n2)c1. The van der Waals surface area contributed by atoms with Crippen LogP contribution >= 0.6 is 0 Å². The molecule has 1 aliphatic rings. The molecule has 9 heteroatoms. The van der Waals surface area contributed by atoms with E-state index in [4.69, 9.17) is 14.2 Å². The number of morpholine rings is 1. The summed E-state index contributed by atoms with van der Waals surface area (Å²) in [5, 5.41) is 8.60. The summed E-state index contributed by atoms with van der Waals surface area (Å²) in [6.07, 6.45) is 2.45. The minimum absolute atomic E-state index is 0.313. The van der Waals surface area contributed by atoms with Gasteiger partial charge < -0.3 is 19.1 Å². The van der Waals surface area contributed by atoms with Gasteiger partial charge in [0.15, 0.2) is 0 Å². The van der Waals surface area contributed by atoms with Crippen LogP contribution in [-0.2, 0) is 17.7 Å². The lowest BCUT2D eigenvalue weighted by molar-refractivity contribution is 0.122. The Labute approximate surface area is 187 Å². The van der Waals surface area contributed by atoms with Crippen LogP contribution in [0.25, 0.3) is 0 Å². The summed E-state index contributed by atoms with van der Waals surface area (Å²) < 4.78 is 16.6. The van der Waals surface area contributed by atoms with E-state index >= 15 is 0 Å². The van der Waals surface area contributed by atoms with Crippen molar-refractivity contribution in [2.24, 2.45) is 10.2 Å². The molecule has 3 heterocycles. The molecule has 0 aliphatic carbocycles. The second-order valence-electron chi connectivity index (χ2n) is 7.12. The lowest BCUT2D eigenvalue weighted by Crippen LogP contribution is -2.37. The Balaban J connectivity index is 1.46. The topological polar surface area (TPSA) is 94.3 Å². The summed E-state index contributed by atoms with van der Waals surface area (Å²) in [4.78, 5) is 15.6. The van der Waals surface area contributed by atoms with Crippen LogP contribution < -0.4 is 14.4 Å². The van der Waals surface area contributed by atoms with Gasteiger partial charge in [-0.3, -0.25) is 4.98 Å². The quantitative estimate of drug-likeness (QED) is 0.475. The molecule has 1 saturated heterocycles. The summed E-state index contributed by atoms with van der Waals surface area (Å²) >= 11 is 0. The Hall–Kier alpha value is -3.59. The minimum atomic E-state index is 0.313. The predicted molar refractivity (Wildman–Crippen MR) is 120 cm³/mol. The highest BCUT2D eigenvalue weighted by atomic mass is 16.5. The maximum atomic E-state index is 5.87. The number of benzene rings is 1. The summed E-state index contributed by atoms with van der Waals surface area (Å²) in [5.74, 6) is 1.55. The molecule has 1 fully saturated rings. The smallest absolute Gasteiger partial charge is 0.318 e. The Morgan fingerprint density at radius 1 is 1.03 bits per heavy atom. The summed E-state index contributed by atoms with van der Waals surface area (Å²) in [5.41, 5.74) is 2.42. The fraction of sp³-hybridized carbons (Fsp3) is 0.348. The van der Waals surface area contributed by atoms with E-state index in [-0.39, 0.29) is 0 Å². The van der Waals surface area contributed by atoms with Gasteiger partial charge in [0.2, 0.25) is 0 Å². The van der Waals surface area contributed by atoms with E-state index in [9.17, 15) is 0 Å². The Morgan fingerprint density at radius 2 is 1.94 bits per heavy atom. The Bertz CT molecular complexity index is 1030. The number of ether oxygens (including phenoxy) is 3. The first-order valence-corrected chi connectivity index (χ1v) is 10.5. The van der Waals surface area contributed by atoms with Crippen molar-refractivity contribution in [1.82, 2.24) is 15.0 Å². The van der Waals surface area contributed by atoms with Crippen molar-refractivity contribution in [2.75, 3.05) is 44.9 Å². The van der Waals surface area contributed by atoms with Gasteiger partial charge in [0.1, 0.15) is 18.1 Å². The van der Waals surface area contributed by atoms with Crippen LogP contribution in [0, 0.1) is 0 Å². The number of hydrogen-bond acceptors (Lipinski definition) is 9. The van der Waals surface area contributed by atoms with Gasteiger partial charge in [0.05, 0.1) is 38.3 Å². The van der Waals surface area contributed by atoms with E-state index in [0.717, 1.165) is 41.7 Å². The first kappa shape index (κ1) is 21.6. The predicted octanol–water partition coefficient (Wildman–Crippen LogP) is 3.62. The van der Waals surface area contributed by atoms with E-state index in [1.54, 1.807) is 13.3 Å². The maximum Gasteiger partial charge on any atom is 0.318 e. The van der Waals surface area contributed by atoms with Gasteiger partial charge in [-0.15, -0.1) is 0 Å². The number of azo groups is 1. The second kappa shape index (κ2) is 11.1. The zero-order valence-corrected chi connectivity index (χ0v) is 18.1. The van der Waals surface area contributed by atoms with Gasteiger partial charge in [-0.05, 0) is 24.3 Å². The highest BCUT2D eigenvalue weighted by Crippen LogP contribution is 2.21. The molecule has 166 valence electrons. The van der Waals surface area contributed by atoms with Crippen molar-refractivity contribution < 1.29 is 14.2 Å². The molecule has 1 aliphatic heterocycles. The van der Waals surface area contributed by atoms with Crippen molar-refractivity contribution in [3.63, 3.8) is 0 Å². The third kappa shape index (κ3) is 6.21. The normalized spacial score (nSPS) is 14.0. The number of aromatic nitrogens is 3. The van der Waals surface area contributed by atoms with Crippen molar-refractivity contribution in [2.45, 2.75) is 13.0 Å². The molecule has 9 nitrogen and oxygen atoms in total. The number of nitrogens with zero attached hydrogens (tertiary/aromatic N) is 6. The minimum Gasteiger partial charge on any atom is -0.497 e. The van der Waals surface area contributed by atoms with E-state index in [1.807, 2.05) is 48.5 Å². The molecule has 0 unspecified atom stereocenters. The van der Waals surface area contributed by atoms with Crippen LogP contribution in [0.2, 0.25) is 0 Å². The number of pyridine rings is 1. The van der Waals surface area contributed by atoms with Gasteiger partial charge in [-0.2, -0.15) is 20.2 Å². The molecule has 4 rings (SSSR count). The average molecular weight is 435 g/mol. The third-order valence-electron chi connectivity index (χ3n) is 4.87. The summed E-state index contributed by atoms with van der Waals surface area (Å²) in [7, 11) is 1.62. The van der Waals surface area contributed by atoms with Gasteiger partial charge >= 0.3 is 6.01 Å². The molecule has 32 heavy (non-hydrogen) atoms. The molecule has 2 aromatic heterocycles. The van der Waals surface area contributed by atoms with Gasteiger partial charge in [-0.1, -0.05) is 12.1 Å². The molecular weight excluding hydrogens is 408 g/mol. The molecule has 0 spiro atoms. The van der Waals surface area contributed by atoms with E-state index < -0.39 is 0 Å². The van der Waals surface area contributed by atoms with E-state index in [2.05, 4.69) is 30.1 Å². The standard InChI is InChI=1S/C23H26N6O3/c1-30-21-7-4-6-19(15-21)28-25-17-20-16-22(29-10-13-31-14-11-29)27-23(26-20)32-12-8-18-5-2-3-9-24-18/h2-7,9,15-16H,8,10-14,17H2,1H3. The molecule has 0 atom stereocenters.